The van der Waals surface area contributed by atoms with Crippen LogP contribution in [0.1, 0.15) is 28.8 Å². The Morgan fingerprint density at radius 1 is 1.05 bits per heavy atom. The number of nitrogens with one attached hydrogen (secondary N) is 1. The molecule has 192 valence electrons. The Balaban J connectivity index is 1.27. The molecule has 1 aromatic heterocycles. The first-order chi connectivity index (χ1) is 18.5. The van der Waals surface area contributed by atoms with Gasteiger partial charge in [0.05, 0.1) is 11.4 Å². The number of carbonyl (C=O) groups is 2. The van der Waals surface area contributed by atoms with Crippen LogP contribution in [-0.2, 0) is 4.79 Å². The van der Waals surface area contributed by atoms with Gasteiger partial charge in [0.25, 0.3) is 5.91 Å². The summed E-state index contributed by atoms with van der Waals surface area (Å²) in [5.74, 6) is 0.329. The molecule has 1 fully saturated rings. The number of carbonyl (C=O) groups excluding carboxylic acids is 2. The smallest absolute Gasteiger partial charge is 0.254 e. The summed E-state index contributed by atoms with van der Waals surface area (Å²) in [6.07, 6.45) is 3.42. The molecular weight excluding hydrogens is 487 g/mol. The van der Waals surface area contributed by atoms with E-state index in [0.29, 0.717) is 34.0 Å². The van der Waals surface area contributed by atoms with E-state index in [-0.39, 0.29) is 37.1 Å². The molecule has 1 aliphatic heterocycles. The van der Waals surface area contributed by atoms with E-state index >= 15 is 0 Å². The highest BCUT2D eigenvalue weighted by Crippen LogP contribution is 2.34. The molecule has 8 nitrogen and oxygen atoms in total. The van der Waals surface area contributed by atoms with Gasteiger partial charge in [-0.2, -0.15) is 0 Å². The number of rotatable bonds is 7. The van der Waals surface area contributed by atoms with E-state index in [1.165, 1.54) is 6.07 Å². The van der Waals surface area contributed by atoms with Gasteiger partial charge in [0.2, 0.25) is 18.6 Å². The summed E-state index contributed by atoms with van der Waals surface area (Å²) in [5.41, 5.74) is 2.94. The molecule has 0 saturated heterocycles. The third-order valence-corrected chi connectivity index (χ3v) is 6.64. The van der Waals surface area contributed by atoms with Gasteiger partial charge in [0.15, 0.2) is 11.5 Å². The molecule has 3 aromatic carbocycles. The molecule has 9 heteroatoms. The predicted molar refractivity (Wildman–Crippen MR) is 139 cm³/mol. The van der Waals surface area contributed by atoms with E-state index < -0.39 is 5.91 Å². The van der Waals surface area contributed by atoms with Crippen LogP contribution < -0.4 is 14.8 Å². The second-order valence-corrected chi connectivity index (χ2v) is 9.40. The molecular formula is C29H25FN4O4. The van der Waals surface area contributed by atoms with Crippen molar-refractivity contribution in [2.24, 2.45) is 0 Å². The number of amides is 2. The maximum absolute atomic E-state index is 14.4. The number of aryl methyl sites for hydroxylation is 1. The fourth-order valence-electron chi connectivity index (χ4n) is 4.41. The summed E-state index contributed by atoms with van der Waals surface area (Å²) in [6.45, 7) is 1.66. The predicted octanol–water partition coefficient (Wildman–Crippen LogP) is 4.96. The topological polar surface area (TPSA) is 85.7 Å². The number of halogens is 1. The van der Waals surface area contributed by atoms with Crippen molar-refractivity contribution in [3.05, 3.63) is 89.9 Å². The number of ether oxygens (including phenoxy) is 2. The van der Waals surface area contributed by atoms with Gasteiger partial charge >= 0.3 is 0 Å². The van der Waals surface area contributed by atoms with Crippen LogP contribution in [0.4, 0.5) is 10.3 Å². The summed E-state index contributed by atoms with van der Waals surface area (Å²) >= 11 is 0. The van der Waals surface area contributed by atoms with E-state index in [4.69, 9.17) is 9.47 Å². The average Bonchev–Trinajstić information content (AvgIpc) is 3.51. The molecule has 2 heterocycles. The minimum atomic E-state index is -0.398. The summed E-state index contributed by atoms with van der Waals surface area (Å²) in [4.78, 5) is 32.8. The minimum Gasteiger partial charge on any atom is -0.454 e. The Morgan fingerprint density at radius 3 is 2.61 bits per heavy atom. The minimum absolute atomic E-state index is 0.00973. The first kappa shape index (κ1) is 23.7. The second kappa shape index (κ2) is 9.66. The van der Waals surface area contributed by atoms with Crippen LogP contribution in [0.25, 0.3) is 16.9 Å². The Bertz CT molecular complexity index is 1530. The Hall–Kier alpha value is -4.66. The first-order valence-electron chi connectivity index (χ1n) is 12.4. The number of fused-ring (bicyclic) bond motifs is 1. The lowest BCUT2D eigenvalue weighted by atomic mass is 10.1. The van der Waals surface area contributed by atoms with Gasteiger partial charge < -0.3 is 14.4 Å². The molecule has 6 rings (SSSR count). The molecule has 0 radical (unpaired) electrons. The largest absolute Gasteiger partial charge is 0.454 e. The molecule has 4 aromatic rings. The lowest BCUT2D eigenvalue weighted by molar-refractivity contribution is -0.117. The first-order valence-corrected chi connectivity index (χ1v) is 12.4. The highest BCUT2D eigenvalue weighted by atomic mass is 19.1. The van der Waals surface area contributed by atoms with Crippen LogP contribution in [0.3, 0.4) is 0 Å². The molecule has 0 unspecified atom stereocenters. The third kappa shape index (κ3) is 4.70. The van der Waals surface area contributed by atoms with E-state index in [2.05, 4.69) is 10.3 Å². The second-order valence-electron chi connectivity index (χ2n) is 9.40. The Kier molecular flexibility index (Phi) is 6.03. The van der Waals surface area contributed by atoms with Gasteiger partial charge in [-0.3, -0.25) is 19.5 Å². The zero-order chi connectivity index (χ0) is 26.2. The molecule has 0 spiro atoms. The Labute approximate surface area is 218 Å². The standard InChI is InChI=1S/C29H25FN4O4/c1-18-7-9-22(14-23(18)30)34-15-24(19-5-3-2-4-6-19)31-29(34)32-27(35)16-33(21-10-11-21)28(36)20-8-12-25-26(13-20)38-17-37-25/h2-9,12-15,21H,10-11,16-17H2,1H3,(H,31,32,35). The molecule has 0 atom stereocenters. The van der Waals surface area contributed by atoms with Crippen LogP contribution >= 0.6 is 0 Å². The zero-order valence-electron chi connectivity index (χ0n) is 20.7. The van der Waals surface area contributed by atoms with Crippen LogP contribution in [0.15, 0.2) is 72.9 Å². The fraction of sp³-hybridized carbons (Fsp3) is 0.207. The summed E-state index contributed by atoms with van der Waals surface area (Å²) < 4.78 is 26.8. The van der Waals surface area contributed by atoms with E-state index in [0.717, 1.165) is 18.4 Å². The number of benzene rings is 3. The number of imidazole rings is 1. The molecule has 1 aliphatic carbocycles. The Morgan fingerprint density at radius 2 is 1.84 bits per heavy atom. The molecule has 1 N–H and O–H groups in total. The molecule has 0 bridgehead atoms. The zero-order valence-corrected chi connectivity index (χ0v) is 20.7. The van der Waals surface area contributed by atoms with Crippen molar-refractivity contribution in [1.82, 2.24) is 14.5 Å². The van der Waals surface area contributed by atoms with Gasteiger partial charge in [-0.1, -0.05) is 36.4 Å². The van der Waals surface area contributed by atoms with Crippen LogP contribution in [0.2, 0.25) is 0 Å². The van der Waals surface area contributed by atoms with Crippen molar-refractivity contribution >= 4 is 17.8 Å². The van der Waals surface area contributed by atoms with Gasteiger partial charge in [-0.05, 0) is 55.7 Å². The fourth-order valence-corrected chi connectivity index (χ4v) is 4.41. The quantitative estimate of drug-likeness (QED) is 0.378. The third-order valence-electron chi connectivity index (χ3n) is 6.64. The van der Waals surface area contributed by atoms with Crippen LogP contribution in [0, 0.1) is 12.7 Å². The number of hydrogen-bond acceptors (Lipinski definition) is 5. The van der Waals surface area contributed by atoms with Crippen molar-refractivity contribution in [3.8, 4) is 28.4 Å². The highest BCUT2D eigenvalue weighted by molar-refractivity contribution is 6.00. The SMILES string of the molecule is Cc1ccc(-n2cc(-c3ccccc3)nc2NC(=O)CN(C(=O)c2ccc3c(c2)OCO3)C2CC2)cc1F. The van der Waals surface area contributed by atoms with E-state index in [9.17, 15) is 14.0 Å². The highest BCUT2D eigenvalue weighted by Gasteiger charge is 2.35. The van der Waals surface area contributed by atoms with Crippen LogP contribution in [0.5, 0.6) is 11.5 Å². The summed E-state index contributed by atoms with van der Waals surface area (Å²) in [6, 6.07) is 19.4. The number of anilines is 1. The molecule has 2 amide bonds. The van der Waals surface area contributed by atoms with Gasteiger partial charge in [0.1, 0.15) is 12.4 Å². The van der Waals surface area contributed by atoms with Crippen LogP contribution in [-0.4, -0.2) is 45.6 Å². The van der Waals surface area contributed by atoms with Crippen molar-refractivity contribution in [2.75, 3.05) is 18.7 Å². The summed E-state index contributed by atoms with van der Waals surface area (Å²) in [5, 5.41) is 2.85. The molecule has 38 heavy (non-hydrogen) atoms. The summed E-state index contributed by atoms with van der Waals surface area (Å²) in [7, 11) is 0. The van der Waals surface area contributed by atoms with Gasteiger partial charge in [-0.15, -0.1) is 0 Å². The van der Waals surface area contributed by atoms with Crippen molar-refractivity contribution in [1.29, 1.82) is 0 Å². The molecule has 1 saturated carbocycles. The number of nitrogens with zero attached hydrogens (tertiary/aromatic N) is 3. The monoisotopic (exact) mass is 512 g/mol. The van der Waals surface area contributed by atoms with Crippen molar-refractivity contribution in [3.63, 3.8) is 0 Å². The maximum Gasteiger partial charge on any atom is 0.254 e. The van der Waals surface area contributed by atoms with E-state index in [1.807, 2.05) is 30.3 Å². The maximum atomic E-state index is 14.4. The lowest BCUT2D eigenvalue weighted by Crippen LogP contribution is -2.39. The van der Waals surface area contributed by atoms with E-state index in [1.54, 1.807) is 52.9 Å². The molecule has 2 aliphatic rings. The van der Waals surface area contributed by atoms with Gasteiger partial charge in [-0.25, -0.2) is 9.37 Å². The number of hydrogen-bond donors (Lipinski definition) is 1. The number of aromatic nitrogens is 2. The normalized spacial score (nSPS) is 13.8. The van der Waals surface area contributed by atoms with Gasteiger partial charge in [0, 0.05) is 23.4 Å². The lowest BCUT2D eigenvalue weighted by Gasteiger charge is -2.22. The van der Waals surface area contributed by atoms with Crippen molar-refractivity contribution < 1.29 is 23.5 Å². The van der Waals surface area contributed by atoms with Crippen molar-refractivity contribution in [2.45, 2.75) is 25.8 Å². The average molecular weight is 513 g/mol.